The van der Waals surface area contributed by atoms with E-state index >= 15 is 0 Å². The first kappa shape index (κ1) is 10.9. The van der Waals surface area contributed by atoms with E-state index in [4.69, 9.17) is 5.84 Å². The van der Waals surface area contributed by atoms with Crippen LogP contribution in [0.3, 0.4) is 0 Å². The number of hydrogen-bond donors (Lipinski definition) is 2. The number of nitrogen functional groups attached to an aromatic ring is 1. The highest BCUT2D eigenvalue weighted by Crippen LogP contribution is 2.19. The fourth-order valence-corrected chi connectivity index (χ4v) is 2.02. The van der Waals surface area contributed by atoms with Gasteiger partial charge in [0.15, 0.2) is 5.13 Å². The Balaban J connectivity index is 2.81. The van der Waals surface area contributed by atoms with Gasteiger partial charge in [-0.25, -0.2) is 10.8 Å². The molecule has 3 N–H and O–H groups in total. The fourth-order valence-electron chi connectivity index (χ4n) is 1.08. The summed E-state index contributed by atoms with van der Waals surface area (Å²) in [5.41, 5.74) is 2.43. The molecular weight excluding hydrogens is 200 g/mol. The normalized spacial score (nSPS) is 9.93. The lowest BCUT2D eigenvalue weighted by atomic mass is 10.5. The van der Waals surface area contributed by atoms with Crippen molar-refractivity contribution in [3.8, 4) is 0 Å². The predicted molar refractivity (Wildman–Crippen MR) is 57.3 cm³/mol. The summed E-state index contributed by atoms with van der Waals surface area (Å²) < 4.78 is 0. The Morgan fingerprint density at radius 3 is 2.79 bits per heavy atom. The number of aromatic nitrogens is 1. The summed E-state index contributed by atoms with van der Waals surface area (Å²) in [5.74, 6) is 4.66. The van der Waals surface area contributed by atoms with E-state index < -0.39 is 0 Å². The molecule has 0 bridgehead atoms. The average molecular weight is 214 g/mol. The number of carbonyl (C=O) groups excluding carboxylic acids is 1. The Labute approximate surface area is 86.9 Å². The molecule has 0 spiro atoms. The molecule has 0 fully saturated rings. The van der Waals surface area contributed by atoms with Gasteiger partial charge in [0.25, 0.3) is 5.91 Å². The average Bonchev–Trinajstić information content (AvgIpc) is 2.68. The van der Waals surface area contributed by atoms with Gasteiger partial charge in [0, 0.05) is 18.5 Å². The van der Waals surface area contributed by atoms with Crippen molar-refractivity contribution in [3.05, 3.63) is 11.1 Å². The molecule has 0 unspecified atom stereocenters. The lowest BCUT2D eigenvalue weighted by Gasteiger charge is -2.16. The number of nitrogens with zero attached hydrogens (tertiary/aromatic N) is 2. The molecule has 1 aromatic rings. The molecule has 0 aliphatic carbocycles. The van der Waals surface area contributed by atoms with Gasteiger partial charge in [-0.05, 0) is 13.8 Å². The molecule has 0 saturated carbocycles. The summed E-state index contributed by atoms with van der Waals surface area (Å²) in [5, 5.41) is 2.56. The van der Waals surface area contributed by atoms with Crippen molar-refractivity contribution in [3.63, 3.8) is 0 Å². The van der Waals surface area contributed by atoms with E-state index in [0.29, 0.717) is 5.69 Å². The van der Waals surface area contributed by atoms with Gasteiger partial charge in [0.2, 0.25) is 0 Å². The van der Waals surface area contributed by atoms with Gasteiger partial charge in [-0.15, -0.1) is 11.3 Å². The summed E-state index contributed by atoms with van der Waals surface area (Å²) in [6.07, 6.45) is 0. The third-order valence-corrected chi connectivity index (χ3v) is 2.79. The van der Waals surface area contributed by atoms with Crippen LogP contribution in [-0.2, 0) is 0 Å². The van der Waals surface area contributed by atoms with Gasteiger partial charge in [0.1, 0.15) is 5.69 Å². The number of anilines is 1. The maximum atomic E-state index is 11.1. The lowest BCUT2D eigenvalue weighted by molar-refractivity contribution is 0.0949. The minimum absolute atomic E-state index is 0.348. The van der Waals surface area contributed by atoms with Crippen LogP contribution in [0.5, 0.6) is 0 Å². The maximum Gasteiger partial charge on any atom is 0.284 e. The van der Waals surface area contributed by atoms with E-state index in [1.165, 1.54) is 11.3 Å². The van der Waals surface area contributed by atoms with Gasteiger partial charge in [-0.2, -0.15) is 0 Å². The van der Waals surface area contributed by atoms with Crippen LogP contribution in [0, 0.1) is 0 Å². The molecule has 78 valence electrons. The quantitative estimate of drug-likeness (QED) is 0.437. The first-order valence-corrected chi connectivity index (χ1v) is 5.32. The molecule has 0 aliphatic rings. The zero-order chi connectivity index (χ0) is 10.6. The first-order chi connectivity index (χ1) is 6.72. The smallest absolute Gasteiger partial charge is 0.284 e. The maximum absolute atomic E-state index is 11.1. The summed E-state index contributed by atoms with van der Waals surface area (Å²) in [6, 6.07) is 0. The van der Waals surface area contributed by atoms with Crippen LogP contribution in [0.4, 0.5) is 5.13 Å². The number of hydrazine groups is 1. The van der Waals surface area contributed by atoms with Gasteiger partial charge in [-0.3, -0.25) is 10.2 Å². The Kier molecular flexibility index (Phi) is 3.84. The molecular formula is C8H14N4OS. The Morgan fingerprint density at radius 1 is 1.64 bits per heavy atom. The third kappa shape index (κ3) is 2.21. The SMILES string of the molecule is CCN(CC)c1nc(C(=O)NN)cs1. The largest absolute Gasteiger partial charge is 0.349 e. The Hall–Kier alpha value is -1.14. The van der Waals surface area contributed by atoms with Crippen molar-refractivity contribution in [2.24, 2.45) is 5.84 Å². The van der Waals surface area contributed by atoms with Crippen LogP contribution in [0.15, 0.2) is 5.38 Å². The molecule has 1 heterocycles. The van der Waals surface area contributed by atoms with E-state index in [9.17, 15) is 4.79 Å². The van der Waals surface area contributed by atoms with E-state index in [-0.39, 0.29) is 5.91 Å². The van der Waals surface area contributed by atoms with Crippen LogP contribution < -0.4 is 16.2 Å². The standard InChI is InChI=1S/C8H14N4OS/c1-3-12(4-2)8-10-6(5-14-8)7(13)11-9/h5H,3-4,9H2,1-2H3,(H,11,13). The molecule has 0 atom stereocenters. The number of nitrogens with two attached hydrogens (primary N) is 1. The summed E-state index contributed by atoms with van der Waals surface area (Å²) >= 11 is 1.45. The molecule has 0 radical (unpaired) electrons. The van der Waals surface area contributed by atoms with E-state index in [2.05, 4.69) is 15.3 Å². The van der Waals surface area contributed by atoms with Crippen molar-refractivity contribution in [1.82, 2.24) is 10.4 Å². The number of nitrogens with one attached hydrogen (secondary N) is 1. The molecule has 0 aromatic carbocycles. The number of hydrogen-bond acceptors (Lipinski definition) is 5. The molecule has 1 rings (SSSR count). The van der Waals surface area contributed by atoms with Crippen LogP contribution >= 0.6 is 11.3 Å². The second kappa shape index (κ2) is 4.92. The topological polar surface area (TPSA) is 71.2 Å². The van der Waals surface area contributed by atoms with Crippen molar-refractivity contribution in [2.45, 2.75) is 13.8 Å². The molecule has 6 heteroatoms. The van der Waals surface area contributed by atoms with Crippen molar-refractivity contribution >= 4 is 22.4 Å². The van der Waals surface area contributed by atoms with E-state index in [0.717, 1.165) is 18.2 Å². The summed E-state index contributed by atoms with van der Waals surface area (Å²) in [4.78, 5) is 17.4. The van der Waals surface area contributed by atoms with E-state index in [1.54, 1.807) is 5.38 Å². The highest BCUT2D eigenvalue weighted by Gasteiger charge is 2.11. The molecule has 5 nitrogen and oxygen atoms in total. The highest BCUT2D eigenvalue weighted by atomic mass is 32.1. The second-order valence-corrected chi connectivity index (χ2v) is 3.50. The second-order valence-electron chi connectivity index (χ2n) is 2.66. The Morgan fingerprint density at radius 2 is 2.29 bits per heavy atom. The van der Waals surface area contributed by atoms with E-state index in [1.807, 2.05) is 13.8 Å². The molecule has 14 heavy (non-hydrogen) atoms. The van der Waals surface area contributed by atoms with Crippen LogP contribution in [0.1, 0.15) is 24.3 Å². The van der Waals surface area contributed by atoms with Gasteiger partial charge in [0.05, 0.1) is 0 Å². The molecule has 0 saturated heterocycles. The van der Waals surface area contributed by atoms with Gasteiger partial charge < -0.3 is 4.90 Å². The van der Waals surface area contributed by atoms with Crippen LogP contribution in [0.25, 0.3) is 0 Å². The predicted octanol–water partition coefficient (Wildman–Crippen LogP) is 0.593. The summed E-state index contributed by atoms with van der Waals surface area (Å²) in [6.45, 7) is 5.86. The highest BCUT2D eigenvalue weighted by molar-refractivity contribution is 7.13. The monoisotopic (exact) mass is 214 g/mol. The van der Waals surface area contributed by atoms with Crippen LogP contribution in [0.2, 0.25) is 0 Å². The number of carbonyl (C=O) groups is 1. The first-order valence-electron chi connectivity index (χ1n) is 4.44. The zero-order valence-corrected chi connectivity index (χ0v) is 9.10. The van der Waals surface area contributed by atoms with Crippen molar-refractivity contribution < 1.29 is 4.79 Å². The summed E-state index contributed by atoms with van der Waals surface area (Å²) in [7, 11) is 0. The minimum Gasteiger partial charge on any atom is -0.349 e. The number of thiazole rings is 1. The van der Waals surface area contributed by atoms with Gasteiger partial charge in [-0.1, -0.05) is 0 Å². The Bertz CT molecular complexity index is 308. The van der Waals surface area contributed by atoms with Crippen molar-refractivity contribution in [2.75, 3.05) is 18.0 Å². The molecule has 1 amide bonds. The van der Waals surface area contributed by atoms with Crippen LogP contribution in [-0.4, -0.2) is 24.0 Å². The minimum atomic E-state index is -0.348. The fraction of sp³-hybridized carbons (Fsp3) is 0.500. The van der Waals surface area contributed by atoms with Gasteiger partial charge >= 0.3 is 0 Å². The lowest BCUT2D eigenvalue weighted by Crippen LogP contribution is -2.30. The van der Waals surface area contributed by atoms with Crippen molar-refractivity contribution in [1.29, 1.82) is 0 Å². The molecule has 0 aliphatic heterocycles. The molecule has 1 aromatic heterocycles. The zero-order valence-electron chi connectivity index (χ0n) is 8.28. The number of rotatable bonds is 4. The number of amides is 1. The third-order valence-electron chi connectivity index (χ3n) is 1.89.